The van der Waals surface area contributed by atoms with E-state index in [0.717, 1.165) is 23.7 Å². The molecule has 0 bridgehead atoms. The molecule has 2 nitrogen and oxygen atoms in total. The third kappa shape index (κ3) is 4.35. The molecule has 3 heteroatoms. The average Bonchev–Trinajstić information content (AvgIpc) is 2.50. The molecule has 0 aliphatic heterocycles. The lowest BCUT2D eigenvalue weighted by Gasteiger charge is -2.13. The number of nitrogens with zero attached hydrogens (tertiary/aromatic N) is 2. The first-order chi connectivity index (χ1) is 10.5. The minimum Gasteiger partial charge on any atom is -0.366 e. The van der Waals surface area contributed by atoms with Gasteiger partial charge in [-0.05, 0) is 67.6 Å². The molecular formula is C19H23ClN2. The van der Waals surface area contributed by atoms with Gasteiger partial charge in [0.25, 0.3) is 0 Å². The number of benzene rings is 2. The number of aliphatic imine (C=N–C) groups is 1. The van der Waals surface area contributed by atoms with Crippen LogP contribution in [0.4, 0.5) is 5.69 Å². The lowest BCUT2D eigenvalue weighted by molar-refractivity contribution is 0.552. The van der Waals surface area contributed by atoms with Crippen molar-refractivity contribution >= 4 is 23.6 Å². The fourth-order valence-corrected chi connectivity index (χ4v) is 2.42. The third-order valence-electron chi connectivity index (χ3n) is 3.83. The van der Waals surface area contributed by atoms with E-state index in [4.69, 9.17) is 11.6 Å². The summed E-state index contributed by atoms with van der Waals surface area (Å²) in [4.78, 5) is 6.70. The van der Waals surface area contributed by atoms with E-state index in [1.807, 2.05) is 25.5 Å². The molecule has 0 amide bonds. The van der Waals surface area contributed by atoms with E-state index in [2.05, 4.69) is 54.9 Å². The summed E-state index contributed by atoms with van der Waals surface area (Å²) in [7, 11) is 2.03. The highest BCUT2D eigenvalue weighted by Crippen LogP contribution is 2.26. The first kappa shape index (κ1) is 16.6. The maximum atomic E-state index is 5.96. The Morgan fingerprint density at radius 3 is 2.45 bits per heavy atom. The van der Waals surface area contributed by atoms with Crippen molar-refractivity contribution in [2.45, 2.75) is 27.2 Å². The monoisotopic (exact) mass is 314 g/mol. The number of rotatable bonds is 5. The fourth-order valence-electron chi connectivity index (χ4n) is 2.30. The van der Waals surface area contributed by atoms with Gasteiger partial charge in [0.2, 0.25) is 0 Å². The fraction of sp³-hybridized carbons (Fsp3) is 0.316. The summed E-state index contributed by atoms with van der Waals surface area (Å²) in [6, 6.07) is 12.4. The van der Waals surface area contributed by atoms with Crippen molar-refractivity contribution in [3.63, 3.8) is 0 Å². The normalized spacial score (nSPS) is 11.1. The predicted octanol–water partition coefficient (Wildman–Crippen LogP) is 5.16. The molecule has 0 fully saturated rings. The predicted molar refractivity (Wildman–Crippen MR) is 96.6 cm³/mol. The summed E-state index contributed by atoms with van der Waals surface area (Å²) in [6.45, 7) is 7.32. The Kier molecular flexibility index (Phi) is 5.62. The van der Waals surface area contributed by atoms with Gasteiger partial charge in [-0.3, -0.25) is 0 Å². The van der Waals surface area contributed by atoms with Gasteiger partial charge >= 0.3 is 0 Å². The molecule has 0 aliphatic carbocycles. The Morgan fingerprint density at radius 1 is 1.14 bits per heavy atom. The number of aryl methyl sites for hydroxylation is 1. The second kappa shape index (κ2) is 7.46. The van der Waals surface area contributed by atoms with E-state index in [0.29, 0.717) is 0 Å². The molecule has 0 saturated heterocycles. The molecule has 0 spiro atoms. The van der Waals surface area contributed by atoms with Crippen molar-refractivity contribution in [2.24, 2.45) is 4.99 Å². The number of hydrogen-bond acceptors (Lipinski definition) is 1. The molecule has 0 heterocycles. The van der Waals surface area contributed by atoms with Crippen molar-refractivity contribution in [1.82, 2.24) is 4.90 Å². The van der Waals surface area contributed by atoms with Gasteiger partial charge < -0.3 is 4.90 Å². The summed E-state index contributed by atoms with van der Waals surface area (Å²) in [5.74, 6) is 0. The van der Waals surface area contributed by atoms with Crippen LogP contribution < -0.4 is 0 Å². The van der Waals surface area contributed by atoms with E-state index in [1.54, 1.807) is 0 Å². The van der Waals surface area contributed by atoms with Gasteiger partial charge in [0.05, 0.1) is 12.0 Å². The lowest BCUT2D eigenvalue weighted by Crippen LogP contribution is -2.14. The van der Waals surface area contributed by atoms with Gasteiger partial charge in [-0.25, -0.2) is 4.99 Å². The molecule has 116 valence electrons. The summed E-state index contributed by atoms with van der Waals surface area (Å²) in [5.41, 5.74) is 6.10. The molecule has 2 rings (SSSR count). The van der Waals surface area contributed by atoms with Crippen LogP contribution in [0.2, 0.25) is 5.02 Å². The van der Waals surface area contributed by atoms with Crippen LogP contribution in [-0.4, -0.2) is 24.8 Å². The first-order valence-electron chi connectivity index (χ1n) is 7.58. The summed E-state index contributed by atoms with van der Waals surface area (Å²) in [6.07, 6.45) is 2.80. The zero-order valence-corrected chi connectivity index (χ0v) is 14.5. The minimum absolute atomic E-state index is 0.776. The standard InChI is InChI=1S/C19H23ClN2/c1-5-22(4)13-21-19-11-14(2)10-17(15(19)3)12-16-6-8-18(20)9-7-16/h6-11,13H,5,12H2,1-4H3/b21-13-. The van der Waals surface area contributed by atoms with E-state index in [-0.39, 0.29) is 0 Å². The zero-order chi connectivity index (χ0) is 16.1. The van der Waals surface area contributed by atoms with Crippen molar-refractivity contribution in [3.8, 4) is 0 Å². The number of hydrogen-bond donors (Lipinski definition) is 0. The zero-order valence-electron chi connectivity index (χ0n) is 13.7. The Labute approximate surface area is 138 Å². The minimum atomic E-state index is 0.776. The third-order valence-corrected chi connectivity index (χ3v) is 4.08. The van der Waals surface area contributed by atoms with Crippen LogP contribution in [0, 0.1) is 13.8 Å². The summed E-state index contributed by atoms with van der Waals surface area (Å²) >= 11 is 5.96. The quantitative estimate of drug-likeness (QED) is 0.550. The van der Waals surface area contributed by atoms with Gasteiger partial charge in [-0.2, -0.15) is 0 Å². The van der Waals surface area contributed by atoms with Crippen LogP contribution in [0.1, 0.15) is 29.2 Å². The average molecular weight is 315 g/mol. The van der Waals surface area contributed by atoms with Crippen LogP contribution in [-0.2, 0) is 6.42 Å². The Bertz CT molecular complexity index is 660. The van der Waals surface area contributed by atoms with Crippen LogP contribution in [0.3, 0.4) is 0 Å². The van der Waals surface area contributed by atoms with Crippen molar-refractivity contribution in [2.75, 3.05) is 13.6 Å². The molecule has 0 aromatic heterocycles. The second-order valence-corrected chi connectivity index (χ2v) is 6.13. The van der Waals surface area contributed by atoms with Gasteiger partial charge in [-0.15, -0.1) is 0 Å². The topological polar surface area (TPSA) is 15.6 Å². The van der Waals surface area contributed by atoms with Crippen LogP contribution in [0.15, 0.2) is 41.4 Å². The summed E-state index contributed by atoms with van der Waals surface area (Å²) < 4.78 is 0. The molecule has 0 aliphatic rings. The summed E-state index contributed by atoms with van der Waals surface area (Å²) in [5, 5.41) is 0.776. The van der Waals surface area contributed by atoms with Crippen molar-refractivity contribution in [3.05, 3.63) is 63.7 Å². The Hall–Kier alpha value is -1.80. The van der Waals surface area contributed by atoms with Crippen LogP contribution in [0.25, 0.3) is 0 Å². The largest absolute Gasteiger partial charge is 0.366 e. The van der Waals surface area contributed by atoms with Gasteiger partial charge in [0.15, 0.2) is 0 Å². The second-order valence-electron chi connectivity index (χ2n) is 5.69. The highest BCUT2D eigenvalue weighted by atomic mass is 35.5. The smallest absolute Gasteiger partial charge is 0.0909 e. The van der Waals surface area contributed by atoms with Crippen LogP contribution in [0.5, 0.6) is 0 Å². The molecule has 0 atom stereocenters. The lowest BCUT2D eigenvalue weighted by atomic mass is 9.97. The molecule has 2 aromatic rings. The highest BCUT2D eigenvalue weighted by Gasteiger charge is 2.06. The molecule has 0 saturated carbocycles. The first-order valence-corrected chi connectivity index (χ1v) is 7.96. The van der Waals surface area contributed by atoms with E-state index in [1.165, 1.54) is 22.3 Å². The Balaban J connectivity index is 2.30. The van der Waals surface area contributed by atoms with Gasteiger partial charge in [-0.1, -0.05) is 29.8 Å². The molecule has 2 aromatic carbocycles. The SMILES string of the molecule is CCN(C)/C=N\c1cc(C)cc(Cc2ccc(Cl)cc2)c1C. The van der Waals surface area contributed by atoms with Gasteiger partial charge in [0.1, 0.15) is 0 Å². The van der Waals surface area contributed by atoms with E-state index >= 15 is 0 Å². The van der Waals surface area contributed by atoms with Crippen LogP contribution >= 0.6 is 11.6 Å². The Morgan fingerprint density at radius 2 is 1.82 bits per heavy atom. The maximum Gasteiger partial charge on any atom is 0.0909 e. The number of halogens is 1. The van der Waals surface area contributed by atoms with E-state index in [9.17, 15) is 0 Å². The molecule has 0 radical (unpaired) electrons. The van der Waals surface area contributed by atoms with Crippen molar-refractivity contribution < 1.29 is 0 Å². The van der Waals surface area contributed by atoms with E-state index < -0.39 is 0 Å². The molecule has 0 unspecified atom stereocenters. The highest BCUT2D eigenvalue weighted by molar-refractivity contribution is 6.30. The molecular weight excluding hydrogens is 292 g/mol. The molecule has 0 N–H and O–H groups in total. The van der Waals surface area contributed by atoms with Crippen molar-refractivity contribution in [1.29, 1.82) is 0 Å². The molecule has 22 heavy (non-hydrogen) atoms. The van der Waals surface area contributed by atoms with Gasteiger partial charge in [0, 0.05) is 18.6 Å². The maximum absolute atomic E-state index is 5.96.